The molecule has 2 nitrogen and oxygen atoms in total. The zero-order valence-corrected chi connectivity index (χ0v) is 12.2. The van der Waals surface area contributed by atoms with Gasteiger partial charge in [-0.2, -0.15) is 0 Å². The molecule has 1 aromatic carbocycles. The fraction of sp³-hybridized carbons (Fsp3) is 0.500. The van der Waals surface area contributed by atoms with Crippen LogP contribution in [0.4, 0.5) is 0 Å². The zero-order chi connectivity index (χ0) is 12.9. The lowest BCUT2D eigenvalue weighted by atomic mass is 9.98. The van der Waals surface area contributed by atoms with Crippen LogP contribution < -0.4 is 4.74 Å². The average molecular weight is 299 g/mol. The molecule has 94 valence electrons. The summed E-state index contributed by atoms with van der Waals surface area (Å²) >= 11 is 3.47. The molecule has 0 heterocycles. The largest absolute Gasteiger partial charge is 0.493 e. The molecule has 0 amide bonds. The molecule has 0 radical (unpaired) electrons. The Bertz CT molecular complexity index is 368. The van der Waals surface area contributed by atoms with Gasteiger partial charge in [-0.05, 0) is 24.6 Å². The van der Waals surface area contributed by atoms with Crippen LogP contribution in [0.3, 0.4) is 0 Å². The Morgan fingerprint density at radius 1 is 1.29 bits per heavy atom. The summed E-state index contributed by atoms with van der Waals surface area (Å²) < 4.78 is 5.71. The van der Waals surface area contributed by atoms with Gasteiger partial charge in [-0.25, -0.2) is 0 Å². The van der Waals surface area contributed by atoms with Crippen LogP contribution in [0.25, 0.3) is 0 Å². The normalized spacial score (nSPS) is 11.3. The molecule has 0 aromatic heterocycles. The first-order chi connectivity index (χ1) is 7.93. The topological polar surface area (TPSA) is 26.3 Å². The van der Waals surface area contributed by atoms with Gasteiger partial charge in [-0.3, -0.25) is 4.79 Å². The molecule has 3 heteroatoms. The van der Waals surface area contributed by atoms with E-state index in [-0.39, 0.29) is 11.2 Å². The number of halogens is 1. The van der Waals surface area contributed by atoms with Crippen molar-refractivity contribution in [1.29, 1.82) is 0 Å². The second kappa shape index (κ2) is 6.20. The molecule has 0 N–H and O–H groups in total. The Balaban J connectivity index is 2.54. The Kier molecular flexibility index (Phi) is 5.19. The molecule has 1 rings (SSSR count). The van der Waals surface area contributed by atoms with Crippen molar-refractivity contribution in [2.75, 3.05) is 11.9 Å². The molecule has 0 unspecified atom stereocenters. The lowest BCUT2D eigenvalue weighted by Crippen LogP contribution is -2.22. The molecular formula is C14H19BrO2. The zero-order valence-electron chi connectivity index (χ0n) is 10.6. The maximum Gasteiger partial charge on any atom is 0.134 e. The van der Waals surface area contributed by atoms with Crippen LogP contribution in [0.1, 0.15) is 26.3 Å². The van der Waals surface area contributed by atoms with Crippen molar-refractivity contribution in [2.45, 2.75) is 27.2 Å². The smallest absolute Gasteiger partial charge is 0.134 e. The predicted octanol–water partition coefficient (Wildman–Crippen LogP) is 3.62. The second-order valence-corrected chi connectivity index (χ2v) is 5.67. The van der Waals surface area contributed by atoms with Crippen LogP contribution in [0.2, 0.25) is 0 Å². The van der Waals surface area contributed by atoms with Crippen LogP contribution in [0.5, 0.6) is 5.75 Å². The van der Waals surface area contributed by atoms with E-state index in [0.717, 1.165) is 16.6 Å². The molecule has 0 saturated carbocycles. The fourth-order valence-corrected chi connectivity index (χ4v) is 1.47. The van der Waals surface area contributed by atoms with Gasteiger partial charge >= 0.3 is 0 Å². The van der Waals surface area contributed by atoms with Crippen LogP contribution >= 0.6 is 15.9 Å². The number of hydrogen-bond acceptors (Lipinski definition) is 2. The summed E-state index contributed by atoms with van der Waals surface area (Å²) in [5.41, 5.74) is 1.16. The van der Waals surface area contributed by atoms with E-state index in [2.05, 4.69) is 29.8 Å². The molecule has 0 saturated heterocycles. The van der Waals surface area contributed by atoms with Gasteiger partial charge in [0.05, 0.1) is 6.61 Å². The minimum absolute atomic E-state index is 0.123. The van der Waals surface area contributed by atoms with Gasteiger partial charge < -0.3 is 4.74 Å². The standard InChI is InChI=1S/C14H19BrO2/c1-11(16)8-12-4-6-13(7-5-12)17-10-14(2,3)9-15/h4-7H,8-10H2,1-3H3. The molecule has 0 atom stereocenters. The summed E-state index contributed by atoms with van der Waals surface area (Å²) in [6.07, 6.45) is 0.493. The number of ether oxygens (including phenoxy) is 1. The molecule has 1 aromatic rings. The highest BCUT2D eigenvalue weighted by molar-refractivity contribution is 9.09. The number of ketones is 1. The van der Waals surface area contributed by atoms with Gasteiger partial charge in [0.1, 0.15) is 11.5 Å². The van der Waals surface area contributed by atoms with E-state index < -0.39 is 0 Å². The third kappa shape index (κ3) is 5.35. The molecule has 0 aliphatic rings. The van der Waals surface area contributed by atoms with Crippen molar-refractivity contribution in [1.82, 2.24) is 0 Å². The van der Waals surface area contributed by atoms with Gasteiger partial charge in [-0.15, -0.1) is 0 Å². The van der Waals surface area contributed by atoms with Gasteiger partial charge in [0.15, 0.2) is 0 Å². The second-order valence-electron chi connectivity index (χ2n) is 5.11. The van der Waals surface area contributed by atoms with Crippen LogP contribution in [-0.4, -0.2) is 17.7 Å². The highest BCUT2D eigenvalue weighted by Crippen LogP contribution is 2.21. The Hall–Kier alpha value is -0.830. The average Bonchev–Trinajstić information content (AvgIpc) is 2.28. The first kappa shape index (κ1) is 14.2. The quantitative estimate of drug-likeness (QED) is 0.750. The third-order valence-electron chi connectivity index (χ3n) is 2.37. The number of rotatable bonds is 6. The van der Waals surface area contributed by atoms with E-state index in [4.69, 9.17) is 4.74 Å². The minimum Gasteiger partial charge on any atom is -0.493 e. The van der Waals surface area contributed by atoms with Crippen molar-refractivity contribution in [3.8, 4) is 5.75 Å². The van der Waals surface area contributed by atoms with Crippen molar-refractivity contribution in [2.24, 2.45) is 5.41 Å². The van der Waals surface area contributed by atoms with E-state index in [1.54, 1.807) is 6.92 Å². The monoisotopic (exact) mass is 298 g/mol. The lowest BCUT2D eigenvalue weighted by molar-refractivity contribution is -0.116. The number of carbonyl (C=O) groups excluding carboxylic acids is 1. The Morgan fingerprint density at radius 3 is 2.35 bits per heavy atom. The summed E-state index contributed by atoms with van der Waals surface area (Å²) in [6.45, 7) is 6.56. The predicted molar refractivity (Wildman–Crippen MR) is 73.9 cm³/mol. The summed E-state index contributed by atoms with van der Waals surface area (Å²) in [5, 5.41) is 0.905. The summed E-state index contributed by atoms with van der Waals surface area (Å²) in [6, 6.07) is 7.72. The molecule has 0 aliphatic heterocycles. The first-order valence-electron chi connectivity index (χ1n) is 5.70. The van der Waals surface area contributed by atoms with Crippen molar-refractivity contribution < 1.29 is 9.53 Å². The number of Topliss-reactive ketones (excluding diaryl/α,β-unsaturated/α-hetero) is 1. The summed E-state index contributed by atoms with van der Waals surface area (Å²) in [4.78, 5) is 11.0. The molecule has 17 heavy (non-hydrogen) atoms. The van der Waals surface area contributed by atoms with Crippen molar-refractivity contribution in [3.63, 3.8) is 0 Å². The molecule has 0 fully saturated rings. The van der Waals surface area contributed by atoms with Gasteiger partial charge in [0, 0.05) is 17.2 Å². The maximum absolute atomic E-state index is 11.0. The Labute approximate surface area is 111 Å². The van der Waals surface area contributed by atoms with Crippen LogP contribution in [0.15, 0.2) is 24.3 Å². The minimum atomic E-state index is 0.123. The number of carbonyl (C=O) groups is 1. The Morgan fingerprint density at radius 2 is 1.88 bits per heavy atom. The van der Waals surface area contributed by atoms with E-state index in [1.807, 2.05) is 24.3 Å². The van der Waals surface area contributed by atoms with Crippen LogP contribution in [-0.2, 0) is 11.2 Å². The number of alkyl halides is 1. The van der Waals surface area contributed by atoms with Gasteiger partial charge in [-0.1, -0.05) is 41.9 Å². The third-order valence-corrected chi connectivity index (χ3v) is 3.89. The maximum atomic E-state index is 11.0. The van der Waals surface area contributed by atoms with E-state index in [9.17, 15) is 4.79 Å². The highest BCUT2D eigenvalue weighted by atomic mass is 79.9. The van der Waals surface area contributed by atoms with Gasteiger partial charge in [0.25, 0.3) is 0 Å². The first-order valence-corrected chi connectivity index (χ1v) is 6.82. The molecule has 0 aliphatic carbocycles. The van der Waals surface area contributed by atoms with E-state index in [0.29, 0.717) is 13.0 Å². The number of hydrogen-bond donors (Lipinski definition) is 0. The van der Waals surface area contributed by atoms with Gasteiger partial charge in [0.2, 0.25) is 0 Å². The van der Waals surface area contributed by atoms with E-state index in [1.165, 1.54) is 0 Å². The summed E-state index contributed by atoms with van der Waals surface area (Å²) in [5.74, 6) is 1.03. The summed E-state index contributed by atoms with van der Waals surface area (Å²) in [7, 11) is 0. The highest BCUT2D eigenvalue weighted by Gasteiger charge is 2.16. The van der Waals surface area contributed by atoms with Crippen LogP contribution in [0, 0.1) is 5.41 Å². The number of benzene rings is 1. The fourth-order valence-electron chi connectivity index (χ4n) is 1.31. The van der Waals surface area contributed by atoms with E-state index >= 15 is 0 Å². The SMILES string of the molecule is CC(=O)Cc1ccc(OCC(C)(C)CBr)cc1. The molecule has 0 spiro atoms. The lowest BCUT2D eigenvalue weighted by Gasteiger charge is -2.21. The molecular weight excluding hydrogens is 280 g/mol. The molecule has 0 bridgehead atoms. The van der Waals surface area contributed by atoms with Crippen molar-refractivity contribution >= 4 is 21.7 Å². The van der Waals surface area contributed by atoms with Crippen molar-refractivity contribution in [3.05, 3.63) is 29.8 Å².